The summed E-state index contributed by atoms with van der Waals surface area (Å²) in [5.41, 5.74) is 12.7. The fourth-order valence-corrected chi connectivity index (χ4v) is 4.10. The van der Waals surface area contributed by atoms with Gasteiger partial charge in [-0.2, -0.15) is 0 Å². The van der Waals surface area contributed by atoms with Crippen LogP contribution in [0.5, 0.6) is 0 Å². The van der Waals surface area contributed by atoms with Gasteiger partial charge in [-0.25, -0.2) is 13.4 Å². The van der Waals surface area contributed by atoms with E-state index in [1.54, 1.807) is 6.20 Å². The largest absolute Gasteiger partial charge is 0.383 e. The van der Waals surface area contributed by atoms with Gasteiger partial charge < -0.3 is 11.5 Å². The molecule has 4 N–H and O–H groups in total. The van der Waals surface area contributed by atoms with Crippen molar-refractivity contribution in [1.82, 2.24) is 4.98 Å². The lowest BCUT2D eigenvalue weighted by Gasteiger charge is -2.18. The Morgan fingerprint density at radius 2 is 2.29 bits per heavy atom. The average molecular weight is 255 g/mol. The van der Waals surface area contributed by atoms with Crippen molar-refractivity contribution in [2.45, 2.75) is 18.9 Å². The zero-order valence-electron chi connectivity index (χ0n) is 9.54. The summed E-state index contributed by atoms with van der Waals surface area (Å²) in [4.78, 5) is 3.99. The summed E-state index contributed by atoms with van der Waals surface area (Å²) < 4.78 is 22.7. The lowest BCUT2D eigenvalue weighted by atomic mass is 9.94. The molecule has 0 amide bonds. The summed E-state index contributed by atoms with van der Waals surface area (Å²) in [5.74, 6) is 0.978. The van der Waals surface area contributed by atoms with Gasteiger partial charge in [0.25, 0.3) is 0 Å². The molecule has 0 aromatic carbocycles. The van der Waals surface area contributed by atoms with Crippen LogP contribution in [0.4, 0.5) is 5.82 Å². The monoisotopic (exact) mass is 255 g/mol. The molecule has 1 aromatic rings. The van der Waals surface area contributed by atoms with E-state index >= 15 is 0 Å². The Morgan fingerprint density at radius 3 is 2.88 bits per heavy atom. The lowest BCUT2D eigenvalue weighted by Crippen LogP contribution is -2.33. The number of pyridine rings is 1. The third kappa shape index (κ3) is 2.95. The number of hydrogen-bond donors (Lipinski definition) is 2. The molecule has 2 unspecified atom stereocenters. The molecule has 1 saturated heterocycles. The highest BCUT2D eigenvalue weighted by Crippen LogP contribution is 2.23. The number of nitrogens with zero attached hydrogens (tertiary/aromatic N) is 1. The Balaban J connectivity index is 2.03. The van der Waals surface area contributed by atoms with E-state index in [2.05, 4.69) is 4.98 Å². The molecular formula is C11H17N3O2S. The molecule has 5 nitrogen and oxygen atoms in total. The molecular weight excluding hydrogens is 238 g/mol. The number of rotatable bonds is 3. The fourth-order valence-electron chi connectivity index (χ4n) is 2.21. The van der Waals surface area contributed by atoms with Gasteiger partial charge in [0, 0.05) is 12.2 Å². The van der Waals surface area contributed by atoms with E-state index in [1.165, 1.54) is 0 Å². The smallest absolute Gasteiger partial charge is 0.150 e. The van der Waals surface area contributed by atoms with Crippen LogP contribution in [-0.2, 0) is 16.3 Å². The standard InChI is InChI=1S/C11H17N3O2S/c12-10(9-3-5-17(15,16)7-9)6-8-2-1-4-14-11(8)13/h1-2,4,9-10H,3,5-7,12H2,(H2,13,14). The van der Waals surface area contributed by atoms with E-state index in [0.717, 1.165) is 5.56 Å². The van der Waals surface area contributed by atoms with Crippen molar-refractivity contribution < 1.29 is 8.42 Å². The van der Waals surface area contributed by atoms with Crippen molar-refractivity contribution in [2.24, 2.45) is 11.7 Å². The molecule has 1 aliphatic rings. The molecule has 0 aliphatic carbocycles. The van der Waals surface area contributed by atoms with Gasteiger partial charge in [0.15, 0.2) is 9.84 Å². The molecule has 2 heterocycles. The van der Waals surface area contributed by atoms with Gasteiger partial charge in [0.05, 0.1) is 11.5 Å². The highest BCUT2D eigenvalue weighted by atomic mass is 32.2. The minimum absolute atomic E-state index is 0.0413. The number of sulfone groups is 1. The second kappa shape index (κ2) is 4.62. The number of nitrogens with two attached hydrogens (primary N) is 2. The first-order valence-corrected chi connectivity index (χ1v) is 7.45. The van der Waals surface area contributed by atoms with Crippen LogP contribution in [0, 0.1) is 5.92 Å². The van der Waals surface area contributed by atoms with Gasteiger partial charge in [-0.05, 0) is 30.4 Å². The molecule has 0 spiro atoms. The summed E-state index contributed by atoms with van der Waals surface area (Å²) in [7, 11) is -2.87. The van der Waals surface area contributed by atoms with Crippen LogP contribution in [0.1, 0.15) is 12.0 Å². The van der Waals surface area contributed by atoms with Crippen LogP contribution in [0.15, 0.2) is 18.3 Å². The Labute approximate surface area is 101 Å². The maximum atomic E-state index is 11.4. The maximum Gasteiger partial charge on any atom is 0.150 e. The van der Waals surface area contributed by atoms with E-state index < -0.39 is 9.84 Å². The predicted molar refractivity (Wildman–Crippen MR) is 67.1 cm³/mol. The molecule has 2 atom stereocenters. The van der Waals surface area contributed by atoms with Gasteiger partial charge in [-0.3, -0.25) is 0 Å². The summed E-state index contributed by atoms with van der Waals surface area (Å²) in [6, 6.07) is 3.52. The number of hydrogen-bond acceptors (Lipinski definition) is 5. The van der Waals surface area contributed by atoms with Crippen molar-refractivity contribution in [1.29, 1.82) is 0 Å². The first-order chi connectivity index (χ1) is 7.98. The minimum atomic E-state index is -2.87. The molecule has 0 saturated carbocycles. The van der Waals surface area contributed by atoms with E-state index in [1.807, 2.05) is 12.1 Å². The van der Waals surface area contributed by atoms with Gasteiger partial charge >= 0.3 is 0 Å². The topological polar surface area (TPSA) is 99.1 Å². The predicted octanol–water partition coefficient (Wildman–Crippen LogP) is -0.0317. The Kier molecular flexibility index (Phi) is 3.35. The molecule has 17 heavy (non-hydrogen) atoms. The minimum Gasteiger partial charge on any atom is -0.383 e. The van der Waals surface area contributed by atoms with Crippen molar-refractivity contribution in [3.05, 3.63) is 23.9 Å². The van der Waals surface area contributed by atoms with Crippen LogP contribution in [0.25, 0.3) is 0 Å². The Bertz CT molecular complexity index is 501. The molecule has 94 valence electrons. The van der Waals surface area contributed by atoms with Crippen LogP contribution < -0.4 is 11.5 Å². The van der Waals surface area contributed by atoms with Gasteiger partial charge in [-0.1, -0.05) is 6.07 Å². The first kappa shape index (κ1) is 12.3. The molecule has 1 fully saturated rings. The average Bonchev–Trinajstić information content (AvgIpc) is 2.62. The van der Waals surface area contributed by atoms with Crippen LogP contribution in [0.2, 0.25) is 0 Å². The second-order valence-electron chi connectivity index (χ2n) is 4.58. The van der Waals surface area contributed by atoms with Crippen molar-refractivity contribution in [2.75, 3.05) is 17.2 Å². The summed E-state index contributed by atoms with van der Waals surface area (Å²) in [5, 5.41) is 0. The molecule has 2 rings (SSSR count). The quantitative estimate of drug-likeness (QED) is 0.790. The van der Waals surface area contributed by atoms with E-state index in [0.29, 0.717) is 18.7 Å². The zero-order chi connectivity index (χ0) is 12.5. The van der Waals surface area contributed by atoms with Gasteiger partial charge in [0.1, 0.15) is 5.82 Å². The van der Waals surface area contributed by atoms with Crippen LogP contribution >= 0.6 is 0 Å². The Morgan fingerprint density at radius 1 is 1.53 bits per heavy atom. The SMILES string of the molecule is Nc1ncccc1CC(N)C1CCS(=O)(=O)C1. The highest BCUT2D eigenvalue weighted by Gasteiger charge is 2.32. The molecule has 1 aliphatic heterocycles. The van der Waals surface area contributed by atoms with Crippen LogP contribution in [-0.4, -0.2) is 30.9 Å². The normalized spacial score (nSPS) is 24.6. The molecule has 1 aromatic heterocycles. The van der Waals surface area contributed by atoms with E-state index in [-0.39, 0.29) is 23.5 Å². The van der Waals surface area contributed by atoms with Crippen molar-refractivity contribution >= 4 is 15.7 Å². The Hall–Kier alpha value is -1.14. The lowest BCUT2D eigenvalue weighted by molar-refractivity contribution is 0.461. The van der Waals surface area contributed by atoms with Gasteiger partial charge in [0.2, 0.25) is 0 Å². The van der Waals surface area contributed by atoms with E-state index in [9.17, 15) is 8.42 Å². The highest BCUT2D eigenvalue weighted by molar-refractivity contribution is 7.91. The third-order valence-electron chi connectivity index (χ3n) is 3.25. The van der Waals surface area contributed by atoms with Gasteiger partial charge in [-0.15, -0.1) is 0 Å². The number of anilines is 1. The molecule has 6 heteroatoms. The molecule has 0 bridgehead atoms. The van der Waals surface area contributed by atoms with Crippen molar-refractivity contribution in [3.8, 4) is 0 Å². The molecule has 0 radical (unpaired) electrons. The fraction of sp³-hybridized carbons (Fsp3) is 0.545. The number of aromatic nitrogens is 1. The maximum absolute atomic E-state index is 11.4. The summed E-state index contributed by atoms with van der Waals surface area (Å²) in [6.07, 6.45) is 2.87. The third-order valence-corrected chi connectivity index (χ3v) is 5.05. The first-order valence-electron chi connectivity index (χ1n) is 5.63. The van der Waals surface area contributed by atoms with E-state index in [4.69, 9.17) is 11.5 Å². The van der Waals surface area contributed by atoms with Crippen molar-refractivity contribution in [3.63, 3.8) is 0 Å². The summed E-state index contributed by atoms with van der Waals surface area (Å²) >= 11 is 0. The second-order valence-corrected chi connectivity index (χ2v) is 6.81. The zero-order valence-corrected chi connectivity index (χ0v) is 10.4. The number of nitrogen functional groups attached to an aromatic ring is 1. The van der Waals surface area contributed by atoms with Crippen LogP contribution in [0.3, 0.4) is 0 Å². The summed E-state index contributed by atoms with van der Waals surface area (Å²) in [6.45, 7) is 0.